The van der Waals surface area contributed by atoms with Crippen molar-refractivity contribution < 1.29 is 23.5 Å². The molecule has 8 heteroatoms. The van der Waals surface area contributed by atoms with E-state index < -0.39 is 5.97 Å². The molecule has 158 valence electrons. The molecule has 0 atom stereocenters. The van der Waals surface area contributed by atoms with Crippen molar-refractivity contribution in [3.63, 3.8) is 0 Å². The minimum atomic E-state index is -0.474. The minimum absolute atomic E-state index is 0.251. The predicted octanol–water partition coefficient (Wildman–Crippen LogP) is 4.53. The number of aryl methyl sites for hydroxylation is 1. The van der Waals surface area contributed by atoms with Crippen LogP contribution in [0, 0.1) is 0 Å². The Kier molecular flexibility index (Phi) is 5.72. The summed E-state index contributed by atoms with van der Waals surface area (Å²) in [6, 6.07) is 5.54. The Bertz CT molecular complexity index is 1090. The number of rotatable bonds is 6. The summed E-state index contributed by atoms with van der Waals surface area (Å²) in [5.74, 6) is 1.53. The van der Waals surface area contributed by atoms with Crippen molar-refractivity contribution in [3.05, 3.63) is 51.8 Å². The van der Waals surface area contributed by atoms with E-state index in [0.717, 1.165) is 41.6 Å². The second-order valence-electron chi connectivity index (χ2n) is 7.01. The van der Waals surface area contributed by atoms with Crippen LogP contribution in [0.25, 0.3) is 11.5 Å². The average molecular weight is 431 g/mol. The van der Waals surface area contributed by atoms with Gasteiger partial charge in [-0.05, 0) is 44.4 Å². The zero-order chi connectivity index (χ0) is 21.3. The van der Waals surface area contributed by atoms with E-state index in [1.807, 2.05) is 22.8 Å². The van der Waals surface area contributed by atoms with Gasteiger partial charge in [0.25, 0.3) is 0 Å². The van der Waals surface area contributed by atoms with Crippen LogP contribution in [-0.2, 0) is 24.1 Å². The van der Waals surface area contributed by atoms with Crippen molar-refractivity contribution in [2.24, 2.45) is 0 Å². The van der Waals surface area contributed by atoms with E-state index in [0.29, 0.717) is 34.5 Å². The summed E-state index contributed by atoms with van der Waals surface area (Å²) >= 11 is 6.74. The molecule has 0 fully saturated rings. The van der Waals surface area contributed by atoms with Gasteiger partial charge in [-0.25, -0.2) is 4.79 Å². The Morgan fingerprint density at radius 1 is 1.27 bits per heavy atom. The molecule has 30 heavy (non-hydrogen) atoms. The predicted molar refractivity (Wildman–Crippen MR) is 112 cm³/mol. The molecule has 4 rings (SSSR count). The van der Waals surface area contributed by atoms with Crippen molar-refractivity contribution in [3.8, 4) is 23.0 Å². The molecule has 0 radical (unpaired) electrons. The highest BCUT2D eigenvalue weighted by molar-refractivity contribution is 6.34. The first-order chi connectivity index (χ1) is 14.6. The first kappa shape index (κ1) is 20.3. The van der Waals surface area contributed by atoms with Gasteiger partial charge in [0.2, 0.25) is 0 Å². The van der Waals surface area contributed by atoms with E-state index in [4.69, 9.17) is 30.3 Å². The van der Waals surface area contributed by atoms with Gasteiger partial charge in [-0.3, -0.25) is 0 Å². The van der Waals surface area contributed by atoms with Crippen molar-refractivity contribution in [2.75, 3.05) is 20.8 Å². The lowest BCUT2D eigenvalue weighted by Gasteiger charge is -2.16. The molecule has 2 heterocycles. The number of carbonyl (C=O) groups is 1. The number of hydrogen-bond donors (Lipinski definition) is 0. The molecule has 0 saturated heterocycles. The first-order valence-corrected chi connectivity index (χ1v) is 10.2. The third-order valence-electron chi connectivity index (χ3n) is 5.32. The van der Waals surface area contributed by atoms with Gasteiger partial charge in [0.15, 0.2) is 5.76 Å². The lowest BCUT2D eigenvalue weighted by atomic mass is 10.1. The number of nitrogens with zero attached hydrogens (tertiary/aromatic N) is 2. The van der Waals surface area contributed by atoms with Crippen LogP contribution in [-0.4, -0.2) is 36.5 Å². The standard InChI is InChI=1S/C22H23ClN2O5/c1-4-29-22(26)20-18(23)16-7-5-6-13-11-24-30-21(13)19(16)25(20)12-14-10-15(27-2)8-9-17(14)28-3/h8-11H,4-7,12H2,1-3H3. The summed E-state index contributed by atoms with van der Waals surface area (Å²) in [6.45, 7) is 2.34. The van der Waals surface area contributed by atoms with Gasteiger partial charge in [-0.15, -0.1) is 0 Å². The van der Waals surface area contributed by atoms with E-state index in [2.05, 4.69) is 5.16 Å². The van der Waals surface area contributed by atoms with Gasteiger partial charge in [-0.2, -0.15) is 0 Å². The fourth-order valence-corrected chi connectivity index (χ4v) is 4.31. The summed E-state index contributed by atoms with van der Waals surface area (Å²) in [7, 11) is 3.21. The van der Waals surface area contributed by atoms with Crippen molar-refractivity contribution >= 4 is 17.6 Å². The van der Waals surface area contributed by atoms with Crippen molar-refractivity contribution in [1.82, 2.24) is 9.72 Å². The molecule has 2 aromatic heterocycles. The number of halogens is 1. The summed E-state index contributed by atoms with van der Waals surface area (Å²) in [6.07, 6.45) is 4.18. The Morgan fingerprint density at radius 3 is 2.83 bits per heavy atom. The Morgan fingerprint density at radius 2 is 2.10 bits per heavy atom. The molecule has 0 N–H and O–H groups in total. The van der Waals surface area contributed by atoms with E-state index in [1.165, 1.54) is 0 Å². The van der Waals surface area contributed by atoms with Crippen LogP contribution < -0.4 is 9.47 Å². The largest absolute Gasteiger partial charge is 0.497 e. The smallest absolute Gasteiger partial charge is 0.356 e. The number of methoxy groups -OCH3 is 2. The van der Waals surface area contributed by atoms with E-state index in [1.54, 1.807) is 27.3 Å². The second-order valence-corrected chi connectivity index (χ2v) is 7.39. The Balaban J connectivity index is 1.94. The van der Waals surface area contributed by atoms with Gasteiger partial charge < -0.3 is 23.3 Å². The molecule has 0 amide bonds. The van der Waals surface area contributed by atoms with Crippen molar-refractivity contribution in [2.45, 2.75) is 32.7 Å². The number of benzene rings is 1. The fraction of sp³-hybridized carbons (Fsp3) is 0.364. The number of carbonyl (C=O) groups excluding carboxylic acids is 1. The molecular weight excluding hydrogens is 408 g/mol. The highest BCUT2D eigenvalue weighted by Crippen LogP contribution is 2.41. The zero-order valence-electron chi connectivity index (χ0n) is 17.2. The van der Waals surface area contributed by atoms with Gasteiger partial charge in [0.1, 0.15) is 17.2 Å². The molecular formula is C22H23ClN2O5. The van der Waals surface area contributed by atoms with Gasteiger partial charge >= 0.3 is 5.97 Å². The lowest BCUT2D eigenvalue weighted by Crippen LogP contribution is -2.15. The summed E-state index contributed by atoms with van der Waals surface area (Å²) < 4.78 is 23.7. The SMILES string of the molecule is CCOC(=O)c1c(Cl)c2c(n1Cc1cc(OC)ccc1OC)-c1oncc1CCC2. The molecule has 1 aromatic carbocycles. The van der Waals surface area contributed by atoms with Crippen LogP contribution in [0.2, 0.25) is 5.02 Å². The maximum atomic E-state index is 12.9. The summed E-state index contributed by atoms with van der Waals surface area (Å²) in [4.78, 5) is 12.9. The van der Waals surface area contributed by atoms with E-state index in [-0.39, 0.29) is 6.61 Å². The van der Waals surface area contributed by atoms with Gasteiger partial charge in [0, 0.05) is 16.7 Å². The molecule has 3 aromatic rings. The average Bonchev–Trinajstić information content (AvgIpc) is 3.25. The molecule has 0 aliphatic heterocycles. The molecule has 0 spiro atoms. The van der Waals surface area contributed by atoms with Crippen LogP contribution in [0.4, 0.5) is 0 Å². The van der Waals surface area contributed by atoms with Crippen LogP contribution >= 0.6 is 11.6 Å². The van der Waals surface area contributed by atoms with E-state index in [9.17, 15) is 4.79 Å². The number of aromatic nitrogens is 2. The summed E-state index contributed by atoms with van der Waals surface area (Å²) in [5.41, 5.74) is 3.77. The normalized spacial score (nSPS) is 12.7. The van der Waals surface area contributed by atoms with E-state index >= 15 is 0 Å². The monoisotopic (exact) mass is 430 g/mol. The number of hydrogen-bond acceptors (Lipinski definition) is 6. The quantitative estimate of drug-likeness (QED) is 0.535. The van der Waals surface area contributed by atoms with Crippen LogP contribution in [0.5, 0.6) is 11.5 Å². The molecule has 1 aliphatic carbocycles. The number of ether oxygens (including phenoxy) is 3. The maximum Gasteiger partial charge on any atom is 0.356 e. The summed E-state index contributed by atoms with van der Waals surface area (Å²) in [5, 5.41) is 4.38. The van der Waals surface area contributed by atoms with Gasteiger partial charge in [-0.1, -0.05) is 16.8 Å². The first-order valence-electron chi connectivity index (χ1n) is 9.81. The molecule has 7 nitrogen and oxygen atoms in total. The maximum absolute atomic E-state index is 12.9. The number of esters is 1. The molecule has 0 unspecified atom stereocenters. The minimum Gasteiger partial charge on any atom is -0.497 e. The van der Waals surface area contributed by atoms with Crippen LogP contribution in [0.1, 0.15) is 40.5 Å². The van der Waals surface area contributed by atoms with Crippen LogP contribution in [0.3, 0.4) is 0 Å². The highest BCUT2D eigenvalue weighted by atomic mass is 35.5. The third-order valence-corrected chi connectivity index (χ3v) is 5.72. The van der Waals surface area contributed by atoms with Crippen LogP contribution in [0.15, 0.2) is 28.9 Å². The Hall–Kier alpha value is -2.93. The fourth-order valence-electron chi connectivity index (χ4n) is 3.95. The topological polar surface area (TPSA) is 75.7 Å². The molecule has 1 aliphatic rings. The number of fused-ring (bicyclic) bond motifs is 3. The zero-order valence-corrected chi connectivity index (χ0v) is 17.9. The van der Waals surface area contributed by atoms with Crippen molar-refractivity contribution in [1.29, 1.82) is 0 Å². The Labute approximate surface area is 179 Å². The second kappa shape index (κ2) is 8.44. The third kappa shape index (κ3) is 3.43. The van der Waals surface area contributed by atoms with Gasteiger partial charge in [0.05, 0.1) is 44.3 Å². The molecule has 0 saturated carbocycles. The lowest BCUT2D eigenvalue weighted by molar-refractivity contribution is 0.0514. The highest BCUT2D eigenvalue weighted by Gasteiger charge is 2.32. The molecule has 0 bridgehead atoms.